The van der Waals surface area contributed by atoms with E-state index in [0.717, 1.165) is 16.6 Å². The van der Waals surface area contributed by atoms with Crippen LogP contribution in [0.1, 0.15) is 11.6 Å². The minimum atomic E-state index is 0.267. The van der Waals surface area contributed by atoms with Crippen LogP contribution in [-0.2, 0) is 0 Å². The van der Waals surface area contributed by atoms with E-state index in [0.29, 0.717) is 0 Å². The topological polar surface area (TPSA) is 24.4 Å². The summed E-state index contributed by atoms with van der Waals surface area (Å²) < 4.78 is 1.32. The van der Waals surface area contributed by atoms with E-state index in [-0.39, 0.29) is 6.04 Å². The molecule has 1 aliphatic rings. The third-order valence-electron chi connectivity index (χ3n) is 3.54. The highest BCUT2D eigenvalue weighted by atomic mass is 32.2. The molecule has 21 heavy (non-hydrogen) atoms. The third-order valence-corrected chi connectivity index (χ3v) is 5.40. The Bertz CT molecular complexity index is 793. The van der Waals surface area contributed by atoms with Crippen LogP contribution in [0.25, 0.3) is 10.1 Å². The van der Waals surface area contributed by atoms with E-state index in [2.05, 4.69) is 59.2 Å². The van der Waals surface area contributed by atoms with Crippen molar-refractivity contribution in [2.75, 3.05) is 11.1 Å². The van der Waals surface area contributed by atoms with Crippen LogP contribution in [0.4, 0.5) is 5.69 Å². The zero-order valence-corrected chi connectivity index (χ0v) is 13.0. The molecule has 3 aromatic rings. The quantitative estimate of drug-likeness (QED) is 0.707. The second-order valence-corrected chi connectivity index (χ2v) is 6.93. The van der Waals surface area contributed by atoms with Crippen molar-refractivity contribution in [3.63, 3.8) is 0 Å². The van der Waals surface area contributed by atoms with Gasteiger partial charge in [0.15, 0.2) is 5.17 Å². The average Bonchev–Trinajstić information content (AvgIpc) is 3.17. The summed E-state index contributed by atoms with van der Waals surface area (Å²) in [4.78, 5) is 4.79. The number of rotatable bonds is 2. The van der Waals surface area contributed by atoms with Crippen LogP contribution in [0.15, 0.2) is 65.0 Å². The molecule has 0 saturated carbocycles. The van der Waals surface area contributed by atoms with Gasteiger partial charge in [0.25, 0.3) is 0 Å². The minimum absolute atomic E-state index is 0.267. The van der Waals surface area contributed by atoms with Gasteiger partial charge in [-0.15, -0.1) is 11.3 Å². The first-order chi connectivity index (χ1) is 10.4. The SMILES string of the molecule is c1ccc(C2CSC(Nc3ccc4sccc4c3)=N2)cc1. The maximum absolute atomic E-state index is 4.79. The van der Waals surface area contributed by atoms with Gasteiger partial charge >= 0.3 is 0 Å². The third kappa shape index (κ3) is 2.69. The highest BCUT2D eigenvalue weighted by molar-refractivity contribution is 8.14. The number of amidine groups is 1. The second-order valence-electron chi connectivity index (χ2n) is 4.97. The Hall–Kier alpha value is -1.78. The molecule has 1 unspecified atom stereocenters. The first-order valence-electron chi connectivity index (χ1n) is 6.88. The van der Waals surface area contributed by atoms with Crippen molar-refractivity contribution in [3.8, 4) is 0 Å². The Labute approximate surface area is 131 Å². The van der Waals surface area contributed by atoms with Gasteiger partial charge in [-0.1, -0.05) is 42.1 Å². The molecule has 1 N–H and O–H groups in total. The number of thioether (sulfide) groups is 1. The highest BCUT2D eigenvalue weighted by Crippen LogP contribution is 2.31. The van der Waals surface area contributed by atoms with Gasteiger partial charge in [0, 0.05) is 16.1 Å². The van der Waals surface area contributed by atoms with E-state index < -0.39 is 0 Å². The van der Waals surface area contributed by atoms with Crippen LogP contribution in [0, 0.1) is 0 Å². The van der Waals surface area contributed by atoms with E-state index in [1.54, 1.807) is 23.1 Å². The number of nitrogens with zero attached hydrogens (tertiary/aromatic N) is 1. The first kappa shape index (κ1) is 12.9. The number of hydrogen-bond donors (Lipinski definition) is 1. The summed E-state index contributed by atoms with van der Waals surface area (Å²) in [6, 6.07) is 19.4. The minimum Gasteiger partial charge on any atom is -0.335 e. The molecule has 0 aliphatic carbocycles. The van der Waals surface area contributed by atoms with Gasteiger partial charge in [-0.2, -0.15) is 0 Å². The van der Waals surface area contributed by atoms with E-state index in [1.807, 2.05) is 6.07 Å². The first-order valence-corrected chi connectivity index (χ1v) is 8.75. The summed E-state index contributed by atoms with van der Waals surface area (Å²) in [6.07, 6.45) is 0. The van der Waals surface area contributed by atoms with Gasteiger partial charge in [0.2, 0.25) is 0 Å². The Kier molecular flexibility index (Phi) is 3.41. The molecule has 2 nitrogen and oxygen atoms in total. The van der Waals surface area contributed by atoms with Gasteiger partial charge in [-0.05, 0) is 40.6 Å². The number of thiophene rings is 1. The van der Waals surface area contributed by atoms with Gasteiger partial charge in [-0.25, -0.2) is 0 Å². The lowest BCUT2D eigenvalue weighted by Gasteiger charge is -2.05. The Morgan fingerprint density at radius 2 is 1.95 bits per heavy atom. The van der Waals surface area contributed by atoms with Crippen molar-refractivity contribution in [1.29, 1.82) is 0 Å². The van der Waals surface area contributed by atoms with Crippen molar-refractivity contribution < 1.29 is 0 Å². The van der Waals surface area contributed by atoms with Crippen molar-refractivity contribution in [3.05, 3.63) is 65.5 Å². The molecule has 0 spiro atoms. The average molecular weight is 310 g/mol. The van der Waals surface area contributed by atoms with Crippen molar-refractivity contribution in [2.45, 2.75) is 6.04 Å². The van der Waals surface area contributed by atoms with Crippen LogP contribution in [0.5, 0.6) is 0 Å². The summed E-state index contributed by atoms with van der Waals surface area (Å²) in [6.45, 7) is 0. The van der Waals surface area contributed by atoms with Crippen LogP contribution in [0.3, 0.4) is 0 Å². The number of benzene rings is 2. The van der Waals surface area contributed by atoms with Crippen LogP contribution < -0.4 is 5.32 Å². The summed E-state index contributed by atoms with van der Waals surface area (Å²) in [7, 11) is 0. The largest absolute Gasteiger partial charge is 0.335 e. The molecule has 104 valence electrons. The second kappa shape index (κ2) is 5.54. The number of aliphatic imine (C=N–C) groups is 1. The standard InChI is InChI=1S/C17H14N2S2/c1-2-4-12(5-3-1)15-11-21-17(19-15)18-14-6-7-16-13(10-14)8-9-20-16/h1-10,15H,11H2,(H,18,19). The molecule has 2 aromatic carbocycles. The molecule has 0 bridgehead atoms. The highest BCUT2D eigenvalue weighted by Gasteiger charge is 2.19. The van der Waals surface area contributed by atoms with Gasteiger partial charge in [-0.3, -0.25) is 4.99 Å². The lowest BCUT2D eigenvalue weighted by Crippen LogP contribution is -2.04. The molecule has 0 radical (unpaired) electrons. The molecule has 0 amide bonds. The maximum atomic E-state index is 4.79. The Morgan fingerprint density at radius 3 is 2.86 bits per heavy atom. The summed E-state index contributed by atoms with van der Waals surface area (Å²) in [5, 5.41) is 7.86. The zero-order chi connectivity index (χ0) is 14.1. The molecule has 1 aliphatic heterocycles. The smallest absolute Gasteiger partial charge is 0.161 e. The van der Waals surface area contributed by atoms with Crippen LogP contribution in [0.2, 0.25) is 0 Å². The molecule has 0 fully saturated rings. The fourth-order valence-electron chi connectivity index (χ4n) is 2.46. The van der Waals surface area contributed by atoms with Crippen molar-refractivity contribution >= 4 is 44.0 Å². The summed E-state index contributed by atoms with van der Waals surface area (Å²) >= 11 is 3.56. The normalized spacial score (nSPS) is 17.9. The number of fused-ring (bicyclic) bond motifs is 1. The Morgan fingerprint density at radius 1 is 1.05 bits per heavy atom. The molecular formula is C17H14N2S2. The monoisotopic (exact) mass is 310 g/mol. The van der Waals surface area contributed by atoms with E-state index in [9.17, 15) is 0 Å². The van der Waals surface area contributed by atoms with Crippen molar-refractivity contribution in [1.82, 2.24) is 0 Å². The van der Waals surface area contributed by atoms with E-state index in [1.165, 1.54) is 15.6 Å². The maximum Gasteiger partial charge on any atom is 0.161 e. The molecular weight excluding hydrogens is 296 g/mol. The number of hydrogen-bond acceptors (Lipinski definition) is 4. The van der Waals surface area contributed by atoms with Gasteiger partial charge in [0.1, 0.15) is 0 Å². The fraction of sp³-hybridized carbons (Fsp3) is 0.118. The molecule has 4 rings (SSSR count). The molecule has 0 saturated heterocycles. The summed E-state index contributed by atoms with van der Waals surface area (Å²) in [5.74, 6) is 1.01. The number of anilines is 1. The van der Waals surface area contributed by atoms with Crippen LogP contribution in [-0.4, -0.2) is 10.9 Å². The fourth-order valence-corrected chi connectivity index (χ4v) is 4.20. The lowest BCUT2D eigenvalue weighted by molar-refractivity contribution is 0.849. The molecule has 2 heterocycles. The molecule has 1 aromatic heterocycles. The van der Waals surface area contributed by atoms with E-state index >= 15 is 0 Å². The van der Waals surface area contributed by atoms with Crippen LogP contribution >= 0.6 is 23.1 Å². The zero-order valence-electron chi connectivity index (χ0n) is 11.3. The lowest BCUT2D eigenvalue weighted by atomic mass is 10.1. The summed E-state index contributed by atoms with van der Waals surface area (Å²) in [5.41, 5.74) is 2.40. The van der Waals surface area contributed by atoms with Gasteiger partial charge < -0.3 is 5.32 Å². The predicted octanol–water partition coefficient (Wildman–Crippen LogP) is 5.16. The van der Waals surface area contributed by atoms with Crippen molar-refractivity contribution in [2.24, 2.45) is 4.99 Å². The number of nitrogens with one attached hydrogen (secondary N) is 1. The van der Waals surface area contributed by atoms with Gasteiger partial charge in [0.05, 0.1) is 6.04 Å². The molecule has 4 heteroatoms. The molecule has 1 atom stereocenters. The van der Waals surface area contributed by atoms with E-state index in [4.69, 9.17) is 4.99 Å². The predicted molar refractivity (Wildman–Crippen MR) is 94.5 cm³/mol. The Balaban J connectivity index is 1.54.